The lowest BCUT2D eigenvalue weighted by Crippen LogP contribution is -2.45. The molecule has 0 spiro atoms. The first-order chi connectivity index (χ1) is 7.36. The van der Waals surface area contributed by atoms with E-state index in [4.69, 9.17) is 5.11 Å². The molecule has 2 N–H and O–H groups in total. The molecular formula is C11H19NO4. The molecule has 1 aliphatic rings. The molecule has 92 valence electrons. The molecule has 16 heavy (non-hydrogen) atoms. The van der Waals surface area contributed by atoms with Gasteiger partial charge in [0.15, 0.2) is 0 Å². The van der Waals surface area contributed by atoms with Crippen molar-refractivity contribution in [1.29, 1.82) is 0 Å². The van der Waals surface area contributed by atoms with Crippen LogP contribution in [0.2, 0.25) is 0 Å². The third-order valence-corrected chi connectivity index (χ3v) is 3.18. The van der Waals surface area contributed by atoms with Crippen molar-refractivity contribution in [1.82, 2.24) is 4.90 Å². The van der Waals surface area contributed by atoms with E-state index in [9.17, 15) is 14.7 Å². The predicted molar refractivity (Wildman–Crippen MR) is 57.9 cm³/mol. The number of aliphatic hydroxyl groups is 1. The number of likely N-dealkylation sites (N-methyl/N-ethyl adjacent to an activating group) is 1. The van der Waals surface area contributed by atoms with Gasteiger partial charge in [-0.05, 0) is 19.8 Å². The molecule has 0 saturated heterocycles. The summed E-state index contributed by atoms with van der Waals surface area (Å²) in [4.78, 5) is 23.6. The quantitative estimate of drug-likeness (QED) is 0.687. The molecule has 1 fully saturated rings. The van der Waals surface area contributed by atoms with E-state index in [1.54, 1.807) is 0 Å². The molecule has 1 atom stereocenters. The molecule has 0 aromatic heterocycles. The minimum Gasteiger partial charge on any atom is -0.481 e. The van der Waals surface area contributed by atoms with Crippen molar-refractivity contribution >= 4 is 11.9 Å². The van der Waals surface area contributed by atoms with Crippen LogP contribution in [0.3, 0.4) is 0 Å². The van der Waals surface area contributed by atoms with Crippen molar-refractivity contribution in [2.45, 2.75) is 38.2 Å². The van der Waals surface area contributed by atoms with E-state index in [0.29, 0.717) is 12.8 Å². The van der Waals surface area contributed by atoms with Gasteiger partial charge >= 0.3 is 5.97 Å². The molecule has 1 saturated carbocycles. The van der Waals surface area contributed by atoms with Gasteiger partial charge in [0.2, 0.25) is 5.91 Å². The summed E-state index contributed by atoms with van der Waals surface area (Å²) >= 11 is 0. The Morgan fingerprint density at radius 2 is 1.88 bits per heavy atom. The number of hydrogen-bond acceptors (Lipinski definition) is 3. The molecule has 1 rings (SSSR count). The van der Waals surface area contributed by atoms with Crippen LogP contribution < -0.4 is 0 Å². The number of carbonyl (C=O) groups excluding carboxylic acids is 1. The number of rotatable bonds is 4. The van der Waals surface area contributed by atoms with Crippen molar-refractivity contribution in [3.63, 3.8) is 0 Å². The number of amides is 1. The fourth-order valence-corrected chi connectivity index (χ4v) is 2.15. The van der Waals surface area contributed by atoms with Crippen LogP contribution >= 0.6 is 0 Å². The van der Waals surface area contributed by atoms with Crippen LogP contribution in [0.4, 0.5) is 0 Å². The highest BCUT2D eigenvalue weighted by atomic mass is 16.4. The van der Waals surface area contributed by atoms with Crippen LogP contribution in [0.25, 0.3) is 0 Å². The van der Waals surface area contributed by atoms with Gasteiger partial charge in [0.25, 0.3) is 0 Å². The van der Waals surface area contributed by atoms with Crippen molar-refractivity contribution in [2.24, 2.45) is 5.92 Å². The number of aliphatic carboxylic acids is 1. The number of carboxylic acid groups (broad SMARTS) is 1. The highest BCUT2D eigenvalue weighted by Crippen LogP contribution is 2.30. The molecule has 0 aromatic carbocycles. The lowest BCUT2D eigenvalue weighted by atomic mass is 10.0. The normalized spacial score (nSPS) is 20.4. The first kappa shape index (κ1) is 13.0. The molecule has 0 aliphatic heterocycles. The highest BCUT2D eigenvalue weighted by molar-refractivity contribution is 5.96. The number of nitrogens with zero attached hydrogens (tertiary/aromatic N) is 1. The Morgan fingerprint density at radius 3 is 2.31 bits per heavy atom. The van der Waals surface area contributed by atoms with E-state index in [1.165, 1.54) is 18.9 Å². The molecule has 1 unspecified atom stereocenters. The Bertz CT molecular complexity index is 284. The van der Waals surface area contributed by atoms with Gasteiger partial charge in [-0.15, -0.1) is 0 Å². The minimum absolute atomic E-state index is 0.226. The Kier molecular flexibility index (Phi) is 3.91. The van der Waals surface area contributed by atoms with Gasteiger partial charge in [0.05, 0.1) is 5.60 Å². The summed E-state index contributed by atoms with van der Waals surface area (Å²) < 4.78 is 0. The van der Waals surface area contributed by atoms with Crippen LogP contribution in [0.15, 0.2) is 0 Å². The lowest BCUT2D eigenvalue weighted by molar-refractivity contribution is -0.151. The van der Waals surface area contributed by atoms with Crippen LogP contribution in [0.5, 0.6) is 0 Å². The summed E-state index contributed by atoms with van der Waals surface area (Å²) in [5.74, 6) is -2.63. The highest BCUT2D eigenvalue weighted by Gasteiger charge is 2.35. The smallest absolute Gasteiger partial charge is 0.315 e. The first-order valence-corrected chi connectivity index (χ1v) is 5.56. The van der Waals surface area contributed by atoms with E-state index >= 15 is 0 Å². The fraction of sp³-hybridized carbons (Fsp3) is 0.818. The maximum absolute atomic E-state index is 11.6. The van der Waals surface area contributed by atoms with Crippen molar-refractivity contribution in [2.75, 3.05) is 13.6 Å². The maximum Gasteiger partial charge on any atom is 0.315 e. The van der Waals surface area contributed by atoms with Crippen LogP contribution in [-0.2, 0) is 9.59 Å². The third-order valence-electron chi connectivity index (χ3n) is 3.18. The zero-order valence-corrected chi connectivity index (χ0v) is 9.77. The van der Waals surface area contributed by atoms with Crippen LogP contribution in [-0.4, -0.2) is 46.2 Å². The van der Waals surface area contributed by atoms with Crippen molar-refractivity contribution < 1.29 is 19.8 Å². The van der Waals surface area contributed by atoms with E-state index in [-0.39, 0.29) is 6.54 Å². The van der Waals surface area contributed by atoms with E-state index in [1.807, 2.05) is 0 Å². The van der Waals surface area contributed by atoms with Crippen LogP contribution in [0, 0.1) is 5.92 Å². The zero-order chi connectivity index (χ0) is 12.3. The van der Waals surface area contributed by atoms with E-state index in [2.05, 4.69) is 0 Å². The van der Waals surface area contributed by atoms with Gasteiger partial charge in [-0.1, -0.05) is 12.8 Å². The first-order valence-electron chi connectivity index (χ1n) is 5.56. The number of carboxylic acids is 1. The van der Waals surface area contributed by atoms with E-state index in [0.717, 1.165) is 12.8 Å². The molecule has 1 aliphatic carbocycles. The topological polar surface area (TPSA) is 77.8 Å². The van der Waals surface area contributed by atoms with Gasteiger partial charge in [0, 0.05) is 13.6 Å². The molecule has 0 bridgehead atoms. The Hall–Kier alpha value is -1.10. The summed E-state index contributed by atoms with van der Waals surface area (Å²) in [6, 6.07) is 0. The van der Waals surface area contributed by atoms with Gasteiger partial charge < -0.3 is 15.1 Å². The summed E-state index contributed by atoms with van der Waals surface area (Å²) in [6.07, 6.45) is 3.30. The van der Waals surface area contributed by atoms with Crippen molar-refractivity contribution in [3.05, 3.63) is 0 Å². The molecule has 0 aromatic rings. The predicted octanol–water partition coefficient (Wildman–Crippen LogP) is 0.471. The monoisotopic (exact) mass is 229 g/mol. The average molecular weight is 229 g/mol. The largest absolute Gasteiger partial charge is 0.481 e. The van der Waals surface area contributed by atoms with Gasteiger partial charge in [-0.3, -0.25) is 9.59 Å². The minimum atomic E-state index is -1.13. The SMILES string of the molecule is CC(C(=O)O)C(=O)N(C)CC1(O)CCCC1. The number of carbonyl (C=O) groups is 2. The Balaban J connectivity index is 2.54. The summed E-state index contributed by atoms with van der Waals surface area (Å²) in [6.45, 7) is 1.59. The average Bonchev–Trinajstić information content (AvgIpc) is 2.62. The molecule has 0 heterocycles. The van der Waals surface area contributed by atoms with E-state index < -0.39 is 23.4 Å². The third kappa shape index (κ3) is 2.95. The molecule has 1 amide bonds. The second-order valence-corrected chi connectivity index (χ2v) is 4.69. The Morgan fingerprint density at radius 1 is 1.38 bits per heavy atom. The zero-order valence-electron chi connectivity index (χ0n) is 9.77. The maximum atomic E-state index is 11.6. The molecule has 5 heteroatoms. The Labute approximate surface area is 95.1 Å². The van der Waals surface area contributed by atoms with Gasteiger partial charge in [-0.25, -0.2) is 0 Å². The second kappa shape index (κ2) is 4.82. The van der Waals surface area contributed by atoms with Crippen molar-refractivity contribution in [3.8, 4) is 0 Å². The standard InChI is InChI=1S/C11H19NO4/c1-8(10(14)15)9(13)12(2)7-11(16)5-3-4-6-11/h8,16H,3-7H2,1-2H3,(H,14,15). The second-order valence-electron chi connectivity index (χ2n) is 4.69. The fourth-order valence-electron chi connectivity index (χ4n) is 2.15. The number of hydrogen-bond donors (Lipinski definition) is 2. The lowest BCUT2D eigenvalue weighted by Gasteiger charge is -2.29. The summed E-state index contributed by atoms with van der Waals surface area (Å²) in [5, 5.41) is 18.8. The van der Waals surface area contributed by atoms with Crippen LogP contribution in [0.1, 0.15) is 32.6 Å². The summed E-state index contributed by atoms with van der Waals surface area (Å²) in [5.41, 5.74) is -0.817. The molecule has 0 radical (unpaired) electrons. The molecule has 5 nitrogen and oxygen atoms in total. The molecular weight excluding hydrogens is 210 g/mol. The van der Waals surface area contributed by atoms with Gasteiger partial charge in [0.1, 0.15) is 5.92 Å². The summed E-state index contributed by atoms with van der Waals surface area (Å²) in [7, 11) is 1.54. The van der Waals surface area contributed by atoms with Gasteiger partial charge in [-0.2, -0.15) is 0 Å².